The fourth-order valence-corrected chi connectivity index (χ4v) is 2.37. The van der Waals surface area contributed by atoms with Crippen LogP contribution >= 0.6 is 0 Å². The van der Waals surface area contributed by atoms with Crippen LogP contribution in [0.3, 0.4) is 0 Å². The number of alkyl carbamates (subject to hydrolysis) is 2. The van der Waals surface area contributed by atoms with Crippen molar-refractivity contribution in [1.29, 1.82) is 0 Å². The van der Waals surface area contributed by atoms with Crippen LogP contribution in [0.5, 0.6) is 0 Å². The molecule has 0 unspecified atom stereocenters. The minimum absolute atomic E-state index is 0.118. The Labute approximate surface area is 188 Å². The minimum atomic E-state index is -0.756. The van der Waals surface area contributed by atoms with Crippen LogP contribution in [0.4, 0.5) is 32.3 Å². The Morgan fingerprint density at radius 1 is 0.750 bits per heavy atom. The summed E-state index contributed by atoms with van der Waals surface area (Å²) >= 11 is 0. The predicted octanol–water partition coefficient (Wildman–Crippen LogP) is 5.05. The van der Waals surface area contributed by atoms with Gasteiger partial charge in [0.25, 0.3) is 0 Å². The summed E-state index contributed by atoms with van der Waals surface area (Å²) in [6, 6.07) is 14.4. The molecule has 172 valence electrons. The Morgan fingerprint density at radius 2 is 1.16 bits per heavy atom. The van der Waals surface area contributed by atoms with Crippen LogP contribution in [0, 0.1) is 0 Å². The SMILES string of the molecule is CC(C)(C)OC(=O)NC(=Nc1ccc(Nc2ccc(N)cc2)cc1)NC(=O)OC(C)(C)C. The molecule has 0 atom stereocenters. The van der Waals surface area contributed by atoms with Gasteiger partial charge in [-0.1, -0.05) is 0 Å². The molecule has 0 spiro atoms. The van der Waals surface area contributed by atoms with Crippen molar-refractivity contribution in [3.05, 3.63) is 48.5 Å². The van der Waals surface area contributed by atoms with Crippen LogP contribution in [0.15, 0.2) is 53.5 Å². The molecule has 0 heterocycles. The van der Waals surface area contributed by atoms with Crippen LogP contribution < -0.4 is 21.7 Å². The molecule has 0 aliphatic heterocycles. The molecule has 0 fully saturated rings. The smallest absolute Gasteiger partial charge is 0.414 e. The molecular weight excluding hydrogens is 410 g/mol. The third-order valence-corrected chi connectivity index (χ3v) is 3.55. The van der Waals surface area contributed by atoms with E-state index in [0.29, 0.717) is 11.4 Å². The van der Waals surface area contributed by atoms with Crippen molar-refractivity contribution in [3.63, 3.8) is 0 Å². The van der Waals surface area contributed by atoms with Gasteiger partial charge in [0.2, 0.25) is 5.96 Å². The van der Waals surface area contributed by atoms with Gasteiger partial charge in [-0.3, -0.25) is 10.6 Å². The van der Waals surface area contributed by atoms with Crippen molar-refractivity contribution in [2.24, 2.45) is 4.99 Å². The van der Waals surface area contributed by atoms with Gasteiger partial charge in [0.1, 0.15) is 11.2 Å². The van der Waals surface area contributed by atoms with E-state index in [9.17, 15) is 9.59 Å². The monoisotopic (exact) mass is 441 g/mol. The lowest BCUT2D eigenvalue weighted by Crippen LogP contribution is -2.47. The van der Waals surface area contributed by atoms with E-state index >= 15 is 0 Å². The molecule has 2 amide bonds. The quantitative estimate of drug-likeness (QED) is 0.300. The number of aliphatic imine (C=N–C) groups is 1. The van der Waals surface area contributed by atoms with Gasteiger partial charge in [-0.15, -0.1) is 0 Å². The summed E-state index contributed by atoms with van der Waals surface area (Å²) in [5, 5.41) is 8.14. The number of guanidine groups is 1. The van der Waals surface area contributed by atoms with Gasteiger partial charge in [0.15, 0.2) is 0 Å². The van der Waals surface area contributed by atoms with Crippen LogP contribution in [0.25, 0.3) is 0 Å². The summed E-state index contributed by atoms with van der Waals surface area (Å²) in [5.41, 5.74) is 7.17. The number of nitrogens with one attached hydrogen (secondary N) is 3. The number of nitrogen functional groups attached to an aromatic ring is 1. The molecule has 0 saturated heterocycles. The number of benzene rings is 2. The second-order valence-electron chi connectivity index (χ2n) is 9.01. The lowest BCUT2D eigenvalue weighted by Gasteiger charge is -2.22. The average molecular weight is 442 g/mol. The van der Waals surface area contributed by atoms with E-state index in [1.54, 1.807) is 65.8 Å². The van der Waals surface area contributed by atoms with Crippen molar-refractivity contribution in [2.45, 2.75) is 52.7 Å². The van der Waals surface area contributed by atoms with Crippen LogP contribution in [0.1, 0.15) is 41.5 Å². The zero-order chi connectivity index (χ0) is 23.9. The van der Waals surface area contributed by atoms with Crippen molar-refractivity contribution < 1.29 is 19.1 Å². The third kappa shape index (κ3) is 9.38. The highest BCUT2D eigenvalue weighted by Gasteiger charge is 2.21. The highest BCUT2D eigenvalue weighted by Crippen LogP contribution is 2.21. The fraction of sp³-hybridized carbons (Fsp3) is 0.348. The van der Waals surface area contributed by atoms with E-state index in [0.717, 1.165) is 11.4 Å². The molecule has 0 aliphatic carbocycles. The van der Waals surface area contributed by atoms with Gasteiger partial charge in [0.05, 0.1) is 5.69 Å². The summed E-state index contributed by atoms with van der Waals surface area (Å²) in [4.78, 5) is 28.7. The number of amides is 2. The largest absolute Gasteiger partial charge is 0.444 e. The lowest BCUT2D eigenvalue weighted by molar-refractivity contribution is 0.0545. The lowest BCUT2D eigenvalue weighted by atomic mass is 10.2. The Bertz CT molecular complexity index is 924. The molecule has 5 N–H and O–H groups in total. The molecule has 2 aromatic rings. The van der Waals surface area contributed by atoms with Crippen molar-refractivity contribution >= 4 is 40.9 Å². The Hall–Kier alpha value is -3.75. The highest BCUT2D eigenvalue weighted by molar-refractivity contribution is 6.02. The normalized spacial score (nSPS) is 11.2. The van der Waals surface area contributed by atoms with E-state index in [-0.39, 0.29) is 5.96 Å². The van der Waals surface area contributed by atoms with Crippen molar-refractivity contribution in [1.82, 2.24) is 10.6 Å². The first-order valence-corrected chi connectivity index (χ1v) is 10.1. The zero-order valence-electron chi connectivity index (χ0n) is 19.3. The molecule has 9 heteroatoms. The number of carbonyl (C=O) groups is 2. The molecule has 32 heavy (non-hydrogen) atoms. The van der Waals surface area contributed by atoms with E-state index in [1.165, 1.54) is 0 Å². The fourth-order valence-electron chi connectivity index (χ4n) is 2.37. The molecule has 9 nitrogen and oxygen atoms in total. The molecule has 2 rings (SSSR count). The summed E-state index contributed by atoms with van der Waals surface area (Å²) in [6.07, 6.45) is -1.51. The average Bonchev–Trinajstić information content (AvgIpc) is 2.62. The van der Waals surface area contributed by atoms with Gasteiger partial charge in [-0.25, -0.2) is 14.6 Å². The summed E-state index contributed by atoms with van der Waals surface area (Å²) in [5.74, 6) is -0.118. The number of hydrogen-bond donors (Lipinski definition) is 4. The van der Waals surface area contributed by atoms with Crippen LogP contribution in [0.2, 0.25) is 0 Å². The minimum Gasteiger partial charge on any atom is -0.444 e. The van der Waals surface area contributed by atoms with Crippen molar-refractivity contribution in [3.8, 4) is 0 Å². The predicted molar refractivity (Wildman–Crippen MR) is 126 cm³/mol. The first-order valence-electron chi connectivity index (χ1n) is 10.1. The number of rotatable bonds is 3. The molecule has 0 saturated carbocycles. The first kappa shape index (κ1) is 24.5. The summed E-state index contributed by atoms with van der Waals surface area (Å²) < 4.78 is 10.5. The highest BCUT2D eigenvalue weighted by atomic mass is 16.6. The van der Waals surface area contributed by atoms with Gasteiger partial charge < -0.3 is 20.5 Å². The third-order valence-electron chi connectivity index (χ3n) is 3.55. The topological polar surface area (TPSA) is 127 Å². The molecule has 0 bridgehead atoms. The standard InChI is InChI=1S/C23H31N5O4/c1-22(2,3)31-20(29)27-19(28-21(30)32-23(4,5)6)26-18-13-11-17(12-14-18)25-16-9-7-15(24)8-10-16/h7-14,25H,24H2,1-6H3,(H2,26,27,28,29,30). The van der Waals surface area contributed by atoms with E-state index in [1.807, 2.05) is 24.3 Å². The number of nitrogens with two attached hydrogens (primary N) is 1. The van der Waals surface area contributed by atoms with E-state index in [2.05, 4.69) is 20.9 Å². The molecule has 0 aliphatic rings. The number of carbonyl (C=O) groups excluding carboxylic acids is 2. The Kier molecular flexibility index (Phi) is 7.69. The van der Waals surface area contributed by atoms with Crippen LogP contribution in [-0.4, -0.2) is 29.3 Å². The number of hydrogen-bond acceptors (Lipinski definition) is 7. The van der Waals surface area contributed by atoms with Gasteiger partial charge in [0, 0.05) is 17.1 Å². The van der Waals surface area contributed by atoms with E-state index in [4.69, 9.17) is 15.2 Å². The Morgan fingerprint density at radius 3 is 1.56 bits per heavy atom. The number of nitrogens with zero attached hydrogens (tertiary/aromatic N) is 1. The summed E-state index contributed by atoms with van der Waals surface area (Å²) in [7, 11) is 0. The maximum Gasteiger partial charge on any atom is 0.414 e. The maximum absolute atomic E-state index is 12.2. The second-order valence-corrected chi connectivity index (χ2v) is 9.01. The van der Waals surface area contributed by atoms with Crippen molar-refractivity contribution in [2.75, 3.05) is 11.1 Å². The molecule has 0 radical (unpaired) electrons. The van der Waals surface area contributed by atoms with Gasteiger partial charge in [-0.05, 0) is 90.1 Å². The van der Waals surface area contributed by atoms with E-state index < -0.39 is 23.4 Å². The number of anilines is 3. The molecule has 2 aromatic carbocycles. The molecule has 0 aromatic heterocycles. The first-order chi connectivity index (χ1) is 14.8. The van der Waals surface area contributed by atoms with Gasteiger partial charge in [-0.2, -0.15) is 0 Å². The van der Waals surface area contributed by atoms with Crippen LogP contribution in [-0.2, 0) is 9.47 Å². The molecular formula is C23H31N5O4. The van der Waals surface area contributed by atoms with Gasteiger partial charge >= 0.3 is 12.2 Å². The summed E-state index contributed by atoms with van der Waals surface area (Å²) in [6.45, 7) is 10.4. The zero-order valence-corrected chi connectivity index (χ0v) is 19.3. The maximum atomic E-state index is 12.2. The Balaban J connectivity index is 2.16. The number of ether oxygens (including phenoxy) is 2. The second kappa shape index (κ2) is 10.0.